The van der Waals surface area contributed by atoms with Crippen molar-refractivity contribution in [1.82, 2.24) is 10.2 Å². The van der Waals surface area contributed by atoms with Crippen molar-refractivity contribution in [3.63, 3.8) is 0 Å². The van der Waals surface area contributed by atoms with Crippen molar-refractivity contribution in [2.24, 2.45) is 5.41 Å². The second-order valence-electron chi connectivity index (χ2n) is 14.2. The van der Waals surface area contributed by atoms with Gasteiger partial charge in [0.2, 0.25) is 5.91 Å². The van der Waals surface area contributed by atoms with Gasteiger partial charge in [0.1, 0.15) is 28.9 Å². The van der Waals surface area contributed by atoms with Crippen molar-refractivity contribution >= 4 is 40.8 Å². The number of carbonyl (C=O) groups excluding carboxylic acids is 2. The van der Waals surface area contributed by atoms with Gasteiger partial charge in [-0.15, -0.1) is 0 Å². The zero-order valence-corrected chi connectivity index (χ0v) is 30.7. The summed E-state index contributed by atoms with van der Waals surface area (Å²) in [4.78, 5) is 29.6. The molecule has 3 aromatic rings. The van der Waals surface area contributed by atoms with E-state index in [1.807, 2.05) is 27.7 Å². The highest BCUT2D eigenvalue weighted by atomic mass is 35.5. The van der Waals surface area contributed by atoms with E-state index >= 15 is 8.78 Å². The molecule has 5 rings (SSSR count). The highest BCUT2D eigenvalue weighted by Crippen LogP contribution is 2.53. The lowest BCUT2D eigenvalue weighted by Gasteiger charge is -2.37. The first-order valence-corrected chi connectivity index (χ1v) is 17.5. The molecule has 2 aliphatic rings. The van der Waals surface area contributed by atoms with Crippen LogP contribution >= 0.6 is 23.2 Å². The summed E-state index contributed by atoms with van der Waals surface area (Å²) in [5.74, 6) is -3.87. The molecule has 0 saturated carbocycles. The predicted molar refractivity (Wildman–Crippen MR) is 191 cm³/mol. The van der Waals surface area contributed by atoms with E-state index in [1.54, 1.807) is 0 Å². The average molecular weight is 744 g/mol. The van der Waals surface area contributed by atoms with Crippen LogP contribution in [0, 0.1) is 28.4 Å². The number of ether oxygens (including phenoxy) is 3. The van der Waals surface area contributed by atoms with Crippen LogP contribution in [0.1, 0.15) is 61.5 Å². The summed E-state index contributed by atoms with van der Waals surface area (Å²) in [5.41, 5.74) is -1.82. The Balaban J connectivity index is 1.50. The van der Waals surface area contributed by atoms with Crippen molar-refractivity contribution in [2.75, 3.05) is 45.3 Å². The molecule has 1 amide bonds. The molecule has 5 atom stereocenters. The molecule has 2 aliphatic heterocycles. The fraction of sp³-hybridized carbons (Fsp3) is 0.447. The first-order valence-electron chi connectivity index (χ1n) is 16.7. The Bertz CT molecular complexity index is 1810. The van der Waals surface area contributed by atoms with Crippen LogP contribution < -0.4 is 15.4 Å². The van der Waals surface area contributed by atoms with E-state index in [4.69, 9.17) is 37.4 Å². The maximum Gasteiger partial charge on any atom is 0.338 e. The molecule has 0 bridgehead atoms. The van der Waals surface area contributed by atoms with Gasteiger partial charge >= 0.3 is 5.97 Å². The molecule has 0 aromatic heterocycles. The third-order valence-corrected chi connectivity index (χ3v) is 9.88. The monoisotopic (exact) mass is 742 g/mol. The van der Waals surface area contributed by atoms with Gasteiger partial charge in [-0.05, 0) is 60.7 Å². The maximum atomic E-state index is 16.0. The number of halogens is 4. The second kappa shape index (κ2) is 15.8. The Morgan fingerprint density at radius 3 is 2.51 bits per heavy atom. The number of esters is 1. The van der Waals surface area contributed by atoms with Crippen molar-refractivity contribution < 1.29 is 32.6 Å². The molecule has 2 N–H and O–H groups in total. The zero-order valence-electron chi connectivity index (χ0n) is 29.2. The molecule has 1 unspecified atom stereocenters. The van der Waals surface area contributed by atoms with Gasteiger partial charge in [-0.25, -0.2) is 13.6 Å². The minimum Gasteiger partial charge on any atom is -0.495 e. The molecule has 51 heavy (non-hydrogen) atoms. The third kappa shape index (κ3) is 8.32. The number of rotatable bonds is 10. The minimum absolute atomic E-state index is 0.0286. The van der Waals surface area contributed by atoms with Crippen molar-refractivity contribution in [3.05, 3.63) is 93.0 Å². The SMILES string of the molecule is COc1cc(C(=O)OC(C)CN2CCOCC2)ccc1NC(=O)[C@@H]1N[C@@H](CC(C)(C)C)[C@](C#N)(c2ccc(Cl)cc2F)[C@H]1c1cccc(Cl)c1F. The van der Waals surface area contributed by atoms with Crippen LogP contribution in [0.5, 0.6) is 5.75 Å². The molecule has 2 saturated heterocycles. The largest absolute Gasteiger partial charge is 0.495 e. The Hall–Kier alpha value is -3.79. The van der Waals surface area contributed by atoms with E-state index in [0.29, 0.717) is 26.2 Å². The van der Waals surface area contributed by atoms with Gasteiger partial charge in [0.05, 0.1) is 48.7 Å². The fourth-order valence-corrected chi connectivity index (χ4v) is 7.46. The molecule has 2 fully saturated rings. The van der Waals surface area contributed by atoms with Gasteiger partial charge in [0.15, 0.2) is 0 Å². The Labute approximate surface area is 307 Å². The smallest absolute Gasteiger partial charge is 0.338 e. The highest BCUT2D eigenvalue weighted by Gasteiger charge is 2.61. The van der Waals surface area contributed by atoms with Gasteiger partial charge in [0, 0.05) is 42.2 Å². The number of nitriles is 1. The van der Waals surface area contributed by atoms with Crippen LogP contribution in [0.25, 0.3) is 0 Å². The van der Waals surface area contributed by atoms with Crippen molar-refractivity contribution in [2.45, 2.75) is 63.6 Å². The number of amides is 1. The summed E-state index contributed by atoms with van der Waals surface area (Å²) in [7, 11) is 1.39. The standard InChI is InChI=1S/C38H42Cl2F2N4O5/c1-22(20-46-13-15-50-16-14-46)51-36(48)23-9-12-29(30(17-23)49-5)44-35(47)34-32(25-7-6-8-27(40)33(25)42)38(21-43,31(45-34)19-37(2,3)4)26-11-10-24(39)18-28(26)41/h6-12,17-18,22,31-32,34,45H,13-16,19-20H2,1-5H3,(H,44,47)/t22?,31-,32-,34+,38-/m0/s1. The number of morpholine rings is 1. The number of nitrogens with one attached hydrogen (secondary N) is 2. The summed E-state index contributed by atoms with van der Waals surface area (Å²) in [6.07, 6.45) is -0.0695. The topological polar surface area (TPSA) is 113 Å². The van der Waals surface area contributed by atoms with Gasteiger partial charge in [-0.2, -0.15) is 5.26 Å². The van der Waals surface area contributed by atoms with Gasteiger partial charge in [-0.1, -0.05) is 62.2 Å². The van der Waals surface area contributed by atoms with Crippen LogP contribution in [0.2, 0.25) is 10.0 Å². The number of nitrogens with zero attached hydrogens (tertiary/aromatic N) is 2. The summed E-state index contributed by atoms with van der Waals surface area (Å²) in [6, 6.07) is 13.0. The number of hydrogen-bond acceptors (Lipinski definition) is 8. The number of carbonyl (C=O) groups is 2. The third-order valence-electron chi connectivity index (χ3n) is 9.35. The lowest BCUT2D eigenvalue weighted by molar-refractivity contribution is -0.118. The van der Waals surface area contributed by atoms with Crippen LogP contribution in [0.15, 0.2) is 54.6 Å². The molecule has 272 valence electrons. The Kier molecular flexibility index (Phi) is 11.9. The van der Waals surface area contributed by atoms with Crippen LogP contribution in [-0.4, -0.2) is 74.9 Å². The first kappa shape index (κ1) is 38.4. The summed E-state index contributed by atoms with van der Waals surface area (Å²) >= 11 is 12.4. The number of methoxy groups -OCH3 is 1. The molecular weight excluding hydrogens is 701 g/mol. The predicted octanol–water partition coefficient (Wildman–Crippen LogP) is 7.12. The van der Waals surface area contributed by atoms with E-state index in [9.17, 15) is 14.9 Å². The molecule has 3 aromatic carbocycles. The second-order valence-corrected chi connectivity index (χ2v) is 15.1. The summed E-state index contributed by atoms with van der Waals surface area (Å²) in [5, 5.41) is 17.1. The van der Waals surface area contributed by atoms with Crippen LogP contribution in [-0.2, 0) is 19.7 Å². The van der Waals surface area contributed by atoms with Gasteiger partial charge < -0.3 is 24.8 Å². The summed E-state index contributed by atoms with van der Waals surface area (Å²) < 4.78 is 48.6. The average Bonchev–Trinajstić information content (AvgIpc) is 3.39. The summed E-state index contributed by atoms with van der Waals surface area (Å²) in [6.45, 7) is 11.0. The quantitative estimate of drug-likeness (QED) is 0.211. The van der Waals surface area contributed by atoms with Gasteiger partial charge in [-0.3, -0.25) is 9.69 Å². The molecule has 13 heteroatoms. The molecule has 9 nitrogen and oxygen atoms in total. The van der Waals surface area contributed by atoms with Gasteiger partial charge in [0.25, 0.3) is 0 Å². The van der Waals surface area contributed by atoms with E-state index in [-0.39, 0.29) is 44.3 Å². The molecule has 0 aliphatic carbocycles. The maximum absolute atomic E-state index is 16.0. The molecular formula is C38H42Cl2F2N4O5. The van der Waals surface area contributed by atoms with Crippen LogP contribution in [0.4, 0.5) is 14.5 Å². The minimum atomic E-state index is -1.79. The van der Waals surface area contributed by atoms with E-state index in [2.05, 4.69) is 21.6 Å². The van der Waals surface area contributed by atoms with E-state index < -0.39 is 52.3 Å². The lowest BCUT2D eigenvalue weighted by atomic mass is 9.62. The lowest BCUT2D eigenvalue weighted by Crippen LogP contribution is -2.45. The number of anilines is 1. The fourth-order valence-electron chi connectivity index (χ4n) is 7.12. The van der Waals surface area contributed by atoms with E-state index in [1.165, 1.54) is 55.6 Å². The van der Waals surface area contributed by atoms with Crippen LogP contribution in [0.3, 0.4) is 0 Å². The Morgan fingerprint density at radius 2 is 1.86 bits per heavy atom. The molecule has 0 spiro atoms. The number of hydrogen-bond donors (Lipinski definition) is 2. The first-order chi connectivity index (χ1) is 24.2. The highest BCUT2D eigenvalue weighted by molar-refractivity contribution is 6.31. The number of benzene rings is 3. The Morgan fingerprint density at radius 1 is 1.14 bits per heavy atom. The van der Waals surface area contributed by atoms with Crippen molar-refractivity contribution in [3.8, 4) is 11.8 Å². The zero-order chi connectivity index (χ0) is 37.1. The molecule has 2 heterocycles. The van der Waals surface area contributed by atoms with E-state index in [0.717, 1.165) is 19.2 Å². The molecule has 0 radical (unpaired) electrons. The normalized spacial score (nSPS) is 22.9. The van der Waals surface area contributed by atoms with Crippen molar-refractivity contribution in [1.29, 1.82) is 5.26 Å².